The van der Waals surface area contributed by atoms with Crippen LogP contribution in [-0.4, -0.2) is 25.8 Å². The van der Waals surface area contributed by atoms with Gasteiger partial charge in [-0.3, -0.25) is 5.01 Å². The molecule has 2 aliphatic carbocycles. The Morgan fingerprint density at radius 1 is 1.18 bits per heavy atom. The van der Waals surface area contributed by atoms with Gasteiger partial charge < -0.3 is 5.43 Å². The maximum Gasteiger partial charge on any atom is 0.416 e. The smallest absolute Gasteiger partial charge is 0.301 e. The predicted octanol–water partition coefficient (Wildman–Crippen LogP) is 5.65. The Morgan fingerprint density at radius 3 is 2.62 bits per heavy atom. The summed E-state index contributed by atoms with van der Waals surface area (Å²) in [6.45, 7) is 1.73. The zero-order valence-corrected chi connectivity index (χ0v) is 21.9. The number of nitrogens with zero attached hydrogens (tertiary/aromatic N) is 3. The zero-order chi connectivity index (χ0) is 27.9. The molecule has 1 N–H and O–H groups in total. The summed E-state index contributed by atoms with van der Waals surface area (Å²) in [7, 11) is -4.07. The van der Waals surface area contributed by atoms with Crippen LogP contribution in [0.5, 0.6) is 0 Å². The van der Waals surface area contributed by atoms with Gasteiger partial charge in [-0.25, -0.2) is 12.8 Å². The third kappa shape index (κ3) is 5.31. The van der Waals surface area contributed by atoms with Gasteiger partial charge in [0, 0.05) is 24.2 Å². The minimum atomic E-state index is -4.58. The van der Waals surface area contributed by atoms with Crippen molar-refractivity contribution in [2.75, 3.05) is 18.1 Å². The highest BCUT2D eigenvalue weighted by Gasteiger charge is 2.40. The van der Waals surface area contributed by atoms with Gasteiger partial charge in [0.05, 0.1) is 28.8 Å². The number of anilines is 1. The molecule has 39 heavy (non-hydrogen) atoms. The molecule has 2 atom stereocenters. The molecule has 1 aliphatic heterocycles. The van der Waals surface area contributed by atoms with Crippen molar-refractivity contribution in [1.29, 1.82) is 5.26 Å². The van der Waals surface area contributed by atoms with Crippen molar-refractivity contribution in [2.24, 2.45) is 11.8 Å². The Kier molecular flexibility index (Phi) is 7.03. The molecule has 0 aromatic heterocycles. The van der Waals surface area contributed by atoms with Crippen LogP contribution in [0.3, 0.4) is 0 Å². The van der Waals surface area contributed by atoms with Crippen LogP contribution in [0.4, 0.5) is 23.2 Å². The van der Waals surface area contributed by atoms with Gasteiger partial charge in [-0.05, 0) is 66.3 Å². The lowest BCUT2D eigenvalue weighted by atomic mass is 9.80. The highest BCUT2D eigenvalue weighted by atomic mass is 32.2. The van der Waals surface area contributed by atoms with E-state index in [1.54, 1.807) is 12.1 Å². The van der Waals surface area contributed by atoms with E-state index in [4.69, 9.17) is 0 Å². The van der Waals surface area contributed by atoms with Gasteiger partial charge in [0.15, 0.2) is 0 Å². The van der Waals surface area contributed by atoms with Crippen LogP contribution in [0.25, 0.3) is 0 Å². The minimum absolute atomic E-state index is 0.0146. The zero-order valence-electron chi connectivity index (χ0n) is 21.0. The van der Waals surface area contributed by atoms with Crippen LogP contribution < -0.4 is 10.4 Å². The minimum Gasteiger partial charge on any atom is -0.301 e. The Labute approximate surface area is 224 Å². The third-order valence-electron chi connectivity index (χ3n) is 7.46. The van der Waals surface area contributed by atoms with Crippen molar-refractivity contribution in [2.45, 2.75) is 31.7 Å². The van der Waals surface area contributed by atoms with Gasteiger partial charge in [-0.1, -0.05) is 30.7 Å². The molecule has 204 valence electrons. The van der Waals surface area contributed by atoms with Gasteiger partial charge >= 0.3 is 6.18 Å². The van der Waals surface area contributed by atoms with Crippen LogP contribution >= 0.6 is 0 Å². The Hall–Kier alpha value is -3.62. The standard InChI is InChI=1S/C28H26F4N4O2S/c1-18-25-15-34-36(24-9-7-23(29)8-10-24)26(25)14-20-5-6-21(27(18)20)16-35(12-11-33)39(37,38)17-19-3-2-4-22(13-19)28(30,31)32/h2-4,7-10,13-15,18,21,34H,5-6,12,16-17H2,1H3/t18-,21+/m0/s1. The lowest BCUT2D eigenvalue weighted by molar-refractivity contribution is -0.137. The first-order valence-electron chi connectivity index (χ1n) is 12.5. The van der Waals surface area contributed by atoms with Crippen LogP contribution in [-0.2, 0) is 22.0 Å². The monoisotopic (exact) mass is 558 g/mol. The molecule has 0 unspecified atom stereocenters. The molecule has 0 bridgehead atoms. The number of nitrogens with one attached hydrogen (secondary N) is 1. The van der Waals surface area contributed by atoms with Crippen molar-refractivity contribution in [3.8, 4) is 6.07 Å². The van der Waals surface area contributed by atoms with Gasteiger partial charge in [0.1, 0.15) is 12.4 Å². The maximum atomic E-state index is 13.4. The van der Waals surface area contributed by atoms with Gasteiger partial charge in [-0.15, -0.1) is 0 Å². The van der Waals surface area contributed by atoms with E-state index in [0.29, 0.717) is 6.42 Å². The fraction of sp³-hybridized carbons (Fsp3) is 0.321. The number of sulfonamides is 1. The van der Waals surface area contributed by atoms with E-state index in [1.807, 2.05) is 24.2 Å². The molecular weight excluding hydrogens is 532 g/mol. The summed E-state index contributed by atoms with van der Waals surface area (Å²) in [5.74, 6) is -1.12. The van der Waals surface area contributed by atoms with E-state index in [2.05, 4.69) is 11.5 Å². The summed E-state index contributed by atoms with van der Waals surface area (Å²) in [5.41, 5.74) is 7.26. The summed E-state index contributed by atoms with van der Waals surface area (Å²) < 4.78 is 80.5. The van der Waals surface area contributed by atoms with E-state index in [1.165, 1.54) is 24.3 Å². The lowest BCUT2D eigenvalue weighted by Gasteiger charge is -2.31. The molecule has 0 saturated heterocycles. The summed E-state index contributed by atoms with van der Waals surface area (Å²) in [6.07, 6.45) is 0.786. The van der Waals surface area contributed by atoms with E-state index >= 15 is 0 Å². The van der Waals surface area contributed by atoms with Crippen LogP contribution in [0.1, 0.15) is 30.9 Å². The second-order valence-corrected chi connectivity index (χ2v) is 11.9. The van der Waals surface area contributed by atoms with E-state index in [9.17, 15) is 31.2 Å². The van der Waals surface area contributed by atoms with Gasteiger partial charge in [0.2, 0.25) is 10.0 Å². The Morgan fingerprint density at radius 2 is 1.92 bits per heavy atom. The number of benzene rings is 2. The molecule has 0 radical (unpaired) electrons. The predicted molar refractivity (Wildman–Crippen MR) is 138 cm³/mol. The number of allylic oxidation sites excluding steroid dienone is 3. The average Bonchev–Trinajstić information content (AvgIpc) is 3.49. The molecular formula is C28H26F4N4O2S. The number of hydrogen-bond acceptors (Lipinski definition) is 5. The van der Waals surface area contributed by atoms with Crippen LogP contribution in [0.2, 0.25) is 0 Å². The van der Waals surface area contributed by atoms with E-state index in [0.717, 1.165) is 51.0 Å². The van der Waals surface area contributed by atoms with E-state index in [-0.39, 0.29) is 29.8 Å². The normalized spacial score (nSPS) is 20.8. The topological polar surface area (TPSA) is 76.4 Å². The number of halogens is 4. The molecule has 1 heterocycles. The van der Waals surface area contributed by atoms with Crippen molar-refractivity contribution in [3.05, 3.63) is 100 Å². The quantitative estimate of drug-likeness (QED) is 0.351. The molecule has 0 saturated carbocycles. The molecule has 3 aliphatic rings. The molecule has 2 aromatic carbocycles. The maximum absolute atomic E-state index is 13.4. The first-order chi connectivity index (χ1) is 18.5. The van der Waals surface area contributed by atoms with Crippen molar-refractivity contribution >= 4 is 15.7 Å². The largest absolute Gasteiger partial charge is 0.416 e. The number of nitriles is 1. The van der Waals surface area contributed by atoms with Crippen LogP contribution in [0, 0.1) is 29.0 Å². The number of rotatable bonds is 7. The number of alkyl halides is 3. The molecule has 5 rings (SSSR count). The van der Waals surface area contributed by atoms with Gasteiger partial charge in [0.25, 0.3) is 0 Å². The molecule has 6 nitrogen and oxygen atoms in total. The highest BCUT2D eigenvalue weighted by molar-refractivity contribution is 7.88. The van der Waals surface area contributed by atoms with E-state index < -0.39 is 34.1 Å². The second-order valence-electron chi connectivity index (χ2n) is 9.91. The SMILES string of the molecule is C[C@H]1C2=CNN(c3ccc(F)cc3)C2=CC2=C1[C@@H](CN(CC#N)S(=O)(=O)Cc1cccc(C(F)(F)F)c1)CC2. The number of fused-ring (bicyclic) bond motifs is 1. The van der Waals surface area contributed by atoms with Crippen molar-refractivity contribution in [3.63, 3.8) is 0 Å². The lowest BCUT2D eigenvalue weighted by Crippen LogP contribution is -2.37. The summed E-state index contributed by atoms with van der Waals surface area (Å²) in [4.78, 5) is 0. The number of hydrazine groups is 1. The average molecular weight is 559 g/mol. The fourth-order valence-corrected chi connectivity index (χ4v) is 7.09. The second kappa shape index (κ2) is 10.2. The Balaban J connectivity index is 1.38. The first-order valence-corrected chi connectivity index (χ1v) is 14.1. The third-order valence-corrected chi connectivity index (χ3v) is 9.22. The highest BCUT2D eigenvalue weighted by Crippen LogP contribution is 2.48. The van der Waals surface area contributed by atoms with Crippen molar-refractivity contribution < 1.29 is 26.0 Å². The molecule has 0 fully saturated rings. The molecule has 0 spiro atoms. The molecule has 11 heteroatoms. The summed E-state index contributed by atoms with van der Waals surface area (Å²) >= 11 is 0. The first kappa shape index (κ1) is 27.0. The molecule has 2 aromatic rings. The Bertz CT molecular complexity index is 1520. The summed E-state index contributed by atoms with van der Waals surface area (Å²) in [5, 5.41) is 11.3. The summed E-state index contributed by atoms with van der Waals surface area (Å²) in [6, 6.07) is 12.3. The van der Waals surface area contributed by atoms with Gasteiger partial charge in [-0.2, -0.15) is 22.7 Å². The fourth-order valence-electron chi connectivity index (χ4n) is 5.65. The molecule has 0 amide bonds. The van der Waals surface area contributed by atoms with Crippen molar-refractivity contribution in [1.82, 2.24) is 9.73 Å². The van der Waals surface area contributed by atoms with Crippen LogP contribution in [0.15, 0.2) is 83.2 Å². The number of hydrogen-bond donors (Lipinski definition) is 1.